The van der Waals surface area contributed by atoms with E-state index in [0.29, 0.717) is 37.9 Å². The lowest BCUT2D eigenvalue weighted by Gasteiger charge is -2.40. The molecule has 0 spiro atoms. The SMILES string of the molecule is C[C@@H]1CCC[C@H](C)N1C(=O)CN1CCC[C@@H]1c1ccc2c(c1)OCCO2. The van der Waals surface area contributed by atoms with Crippen LogP contribution in [0.4, 0.5) is 0 Å². The second kappa shape index (κ2) is 7.47. The van der Waals surface area contributed by atoms with Gasteiger partial charge in [-0.1, -0.05) is 6.07 Å². The first-order chi connectivity index (χ1) is 12.6. The van der Waals surface area contributed by atoms with E-state index in [4.69, 9.17) is 9.47 Å². The Morgan fingerprint density at radius 3 is 2.54 bits per heavy atom. The van der Waals surface area contributed by atoms with E-state index in [0.717, 1.165) is 43.7 Å². The fourth-order valence-electron chi connectivity index (χ4n) is 4.83. The molecule has 0 N–H and O–H groups in total. The fourth-order valence-corrected chi connectivity index (χ4v) is 4.83. The summed E-state index contributed by atoms with van der Waals surface area (Å²) in [6.45, 7) is 7.11. The second-order valence-corrected chi connectivity index (χ2v) is 7.96. The van der Waals surface area contributed by atoms with E-state index in [9.17, 15) is 4.79 Å². The minimum absolute atomic E-state index is 0.286. The van der Waals surface area contributed by atoms with Crippen LogP contribution in [0.2, 0.25) is 0 Å². The lowest BCUT2D eigenvalue weighted by molar-refractivity contribution is -0.138. The largest absolute Gasteiger partial charge is 0.486 e. The summed E-state index contributed by atoms with van der Waals surface area (Å²) in [5.41, 5.74) is 1.24. The molecule has 1 aromatic rings. The molecule has 0 aliphatic carbocycles. The first-order valence-corrected chi connectivity index (χ1v) is 10.1. The van der Waals surface area contributed by atoms with Crippen LogP contribution in [-0.4, -0.2) is 54.1 Å². The van der Waals surface area contributed by atoms with Crippen molar-refractivity contribution in [3.63, 3.8) is 0 Å². The van der Waals surface area contributed by atoms with Crippen LogP contribution >= 0.6 is 0 Å². The molecule has 5 heteroatoms. The molecule has 3 aliphatic rings. The molecule has 142 valence electrons. The van der Waals surface area contributed by atoms with Crippen LogP contribution in [0.25, 0.3) is 0 Å². The van der Waals surface area contributed by atoms with E-state index >= 15 is 0 Å². The zero-order valence-electron chi connectivity index (χ0n) is 15.9. The van der Waals surface area contributed by atoms with Gasteiger partial charge < -0.3 is 14.4 Å². The van der Waals surface area contributed by atoms with Crippen molar-refractivity contribution in [1.29, 1.82) is 0 Å². The predicted molar refractivity (Wildman–Crippen MR) is 101 cm³/mol. The molecule has 0 bridgehead atoms. The van der Waals surface area contributed by atoms with Gasteiger partial charge in [0.05, 0.1) is 6.54 Å². The highest BCUT2D eigenvalue weighted by Crippen LogP contribution is 2.38. The first kappa shape index (κ1) is 17.7. The number of piperidine rings is 1. The normalized spacial score (nSPS) is 29.0. The third kappa shape index (κ3) is 3.41. The monoisotopic (exact) mass is 358 g/mol. The average Bonchev–Trinajstić information content (AvgIpc) is 3.09. The van der Waals surface area contributed by atoms with Gasteiger partial charge in [0.2, 0.25) is 5.91 Å². The van der Waals surface area contributed by atoms with Crippen LogP contribution in [0, 0.1) is 0 Å². The zero-order valence-corrected chi connectivity index (χ0v) is 15.9. The van der Waals surface area contributed by atoms with Crippen molar-refractivity contribution in [2.75, 3.05) is 26.3 Å². The van der Waals surface area contributed by atoms with Crippen molar-refractivity contribution in [3.8, 4) is 11.5 Å². The molecule has 4 rings (SSSR count). The standard InChI is InChI=1S/C21H30N2O3/c1-15-5-3-6-16(2)23(15)21(24)14-22-10-4-7-18(22)17-8-9-19-20(13-17)26-12-11-25-19/h8-9,13,15-16,18H,3-7,10-12,14H2,1-2H3/t15-,16+,18-/m1/s1. The van der Waals surface area contributed by atoms with E-state index in [-0.39, 0.29) is 5.91 Å². The lowest BCUT2D eigenvalue weighted by Crippen LogP contribution is -2.51. The van der Waals surface area contributed by atoms with Crippen LogP contribution < -0.4 is 9.47 Å². The number of ether oxygens (including phenoxy) is 2. The number of amides is 1. The minimum Gasteiger partial charge on any atom is -0.486 e. The molecule has 3 atom stereocenters. The number of carbonyl (C=O) groups is 1. The Bertz CT molecular complexity index is 653. The van der Waals surface area contributed by atoms with Gasteiger partial charge in [-0.05, 0) is 70.2 Å². The highest BCUT2D eigenvalue weighted by molar-refractivity contribution is 5.79. The molecule has 1 aromatic carbocycles. The molecule has 0 radical (unpaired) electrons. The number of fused-ring (bicyclic) bond motifs is 1. The van der Waals surface area contributed by atoms with Crippen LogP contribution in [-0.2, 0) is 4.79 Å². The van der Waals surface area contributed by atoms with Gasteiger partial charge in [-0.25, -0.2) is 0 Å². The van der Waals surface area contributed by atoms with Crippen LogP contribution in [0.5, 0.6) is 11.5 Å². The lowest BCUT2D eigenvalue weighted by atomic mass is 9.97. The van der Waals surface area contributed by atoms with Crippen molar-refractivity contribution >= 4 is 5.91 Å². The minimum atomic E-state index is 0.286. The molecular weight excluding hydrogens is 328 g/mol. The maximum atomic E-state index is 13.0. The van der Waals surface area contributed by atoms with Crippen molar-refractivity contribution in [2.45, 2.75) is 64.1 Å². The molecule has 3 aliphatic heterocycles. The summed E-state index contributed by atoms with van der Waals surface area (Å²) in [5.74, 6) is 1.95. The number of rotatable bonds is 3. The summed E-state index contributed by atoms with van der Waals surface area (Å²) in [7, 11) is 0. The van der Waals surface area contributed by atoms with Gasteiger partial charge in [0, 0.05) is 18.1 Å². The van der Waals surface area contributed by atoms with Crippen molar-refractivity contribution < 1.29 is 14.3 Å². The maximum absolute atomic E-state index is 13.0. The smallest absolute Gasteiger partial charge is 0.237 e. The maximum Gasteiger partial charge on any atom is 0.237 e. The van der Waals surface area contributed by atoms with E-state index in [1.54, 1.807) is 0 Å². The summed E-state index contributed by atoms with van der Waals surface area (Å²) < 4.78 is 11.4. The molecular formula is C21H30N2O3. The average molecular weight is 358 g/mol. The van der Waals surface area contributed by atoms with Gasteiger partial charge in [-0.15, -0.1) is 0 Å². The Labute approximate surface area is 156 Å². The summed E-state index contributed by atoms with van der Waals surface area (Å²) in [6.07, 6.45) is 5.72. The number of nitrogens with zero attached hydrogens (tertiary/aromatic N) is 2. The quantitative estimate of drug-likeness (QED) is 0.831. The van der Waals surface area contributed by atoms with Crippen LogP contribution in [0.1, 0.15) is 57.6 Å². The first-order valence-electron chi connectivity index (χ1n) is 10.1. The van der Waals surface area contributed by atoms with Crippen molar-refractivity contribution in [2.24, 2.45) is 0 Å². The zero-order chi connectivity index (χ0) is 18.1. The highest BCUT2D eigenvalue weighted by atomic mass is 16.6. The highest BCUT2D eigenvalue weighted by Gasteiger charge is 2.33. The number of carbonyl (C=O) groups excluding carboxylic acids is 1. The Balaban J connectivity index is 1.47. The summed E-state index contributed by atoms with van der Waals surface area (Å²) >= 11 is 0. The molecule has 1 amide bonds. The van der Waals surface area contributed by atoms with Gasteiger partial charge in [-0.2, -0.15) is 0 Å². The Morgan fingerprint density at radius 1 is 1.04 bits per heavy atom. The predicted octanol–water partition coefficient (Wildman–Crippen LogP) is 3.38. The van der Waals surface area contributed by atoms with Gasteiger partial charge in [0.25, 0.3) is 0 Å². The van der Waals surface area contributed by atoms with Crippen LogP contribution in [0.15, 0.2) is 18.2 Å². The summed E-state index contributed by atoms with van der Waals surface area (Å²) in [5, 5.41) is 0. The molecule has 2 saturated heterocycles. The van der Waals surface area contributed by atoms with Gasteiger partial charge >= 0.3 is 0 Å². The van der Waals surface area contributed by atoms with E-state index < -0.39 is 0 Å². The van der Waals surface area contributed by atoms with Crippen LogP contribution in [0.3, 0.4) is 0 Å². The summed E-state index contributed by atoms with van der Waals surface area (Å²) in [6, 6.07) is 7.27. The molecule has 5 nitrogen and oxygen atoms in total. The number of hydrogen-bond donors (Lipinski definition) is 0. The third-order valence-electron chi connectivity index (χ3n) is 6.13. The second-order valence-electron chi connectivity index (χ2n) is 7.96. The van der Waals surface area contributed by atoms with Gasteiger partial charge in [0.15, 0.2) is 11.5 Å². The molecule has 0 saturated carbocycles. The number of hydrogen-bond acceptors (Lipinski definition) is 4. The number of likely N-dealkylation sites (tertiary alicyclic amines) is 2. The third-order valence-corrected chi connectivity index (χ3v) is 6.13. The van der Waals surface area contributed by atoms with Gasteiger partial charge in [-0.3, -0.25) is 9.69 Å². The molecule has 2 fully saturated rings. The Hall–Kier alpha value is -1.75. The fraction of sp³-hybridized carbons (Fsp3) is 0.667. The van der Waals surface area contributed by atoms with E-state index in [2.05, 4.69) is 35.8 Å². The number of benzene rings is 1. The molecule has 26 heavy (non-hydrogen) atoms. The molecule has 0 unspecified atom stereocenters. The van der Waals surface area contributed by atoms with Crippen molar-refractivity contribution in [1.82, 2.24) is 9.80 Å². The van der Waals surface area contributed by atoms with Gasteiger partial charge in [0.1, 0.15) is 13.2 Å². The topological polar surface area (TPSA) is 42.0 Å². The van der Waals surface area contributed by atoms with E-state index in [1.165, 1.54) is 12.0 Å². The Kier molecular flexibility index (Phi) is 5.07. The molecule has 3 heterocycles. The summed E-state index contributed by atoms with van der Waals surface area (Å²) in [4.78, 5) is 17.5. The van der Waals surface area contributed by atoms with Crippen molar-refractivity contribution in [3.05, 3.63) is 23.8 Å². The molecule has 0 aromatic heterocycles. The van der Waals surface area contributed by atoms with E-state index in [1.807, 2.05) is 6.07 Å². The Morgan fingerprint density at radius 2 is 1.77 bits per heavy atom.